The van der Waals surface area contributed by atoms with Crippen molar-refractivity contribution in [3.05, 3.63) is 59.7 Å². The molecule has 2 heteroatoms. The van der Waals surface area contributed by atoms with Crippen molar-refractivity contribution in [3.8, 4) is 11.5 Å². The number of aromatic hydroxyl groups is 1. The molecule has 0 spiro atoms. The maximum atomic E-state index is 9.37. The molecule has 0 heterocycles. The summed E-state index contributed by atoms with van der Waals surface area (Å²) in [4.78, 5) is 0. The second-order valence-electron chi connectivity index (χ2n) is 5.57. The van der Waals surface area contributed by atoms with Gasteiger partial charge in [0, 0.05) is 0 Å². The van der Waals surface area contributed by atoms with E-state index in [9.17, 15) is 5.11 Å². The lowest BCUT2D eigenvalue weighted by Crippen LogP contribution is -1.95. The molecule has 1 aliphatic rings. The first kappa shape index (κ1) is 13.0. The molecule has 0 saturated heterocycles. The first-order valence-corrected chi connectivity index (χ1v) is 7.19. The zero-order chi connectivity index (χ0) is 13.9. The van der Waals surface area contributed by atoms with Gasteiger partial charge in [-0.15, -0.1) is 0 Å². The minimum atomic E-state index is 0.346. The maximum Gasteiger partial charge on any atom is 0.118 e. The Balaban J connectivity index is 1.71. The monoisotopic (exact) mass is 268 g/mol. The Bertz CT molecular complexity index is 557. The molecular formula is C18H20O2. The highest BCUT2D eigenvalue weighted by molar-refractivity contribution is 5.33. The van der Waals surface area contributed by atoms with E-state index in [1.54, 1.807) is 19.2 Å². The molecule has 1 fully saturated rings. The summed E-state index contributed by atoms with van der Waals surface area (Å²) in [6.45, 7) is 0. The van der Waals surface area contributed by atoms with E-state index in [2.05, 4.69) is 24.3 Å². The van der Waals surface area contributed by atoms with Crippen LogP contribution in [-0.4, -0.2) is 12.2 Å². The van der Waals surface area contributed by atoms with E-state index in [0.29, 0.717) is 17.6 Å². The van der Waals surface area contributed by atoms with E-state index in [4.69, 9.17) is 4.74 Å². The summed E-state index contributed by atoms with van der Waals surface area (Å²) < 4.78 is 5.21. The van der Waals surface area contributed by atoms with E-state index in [0.717, 1.165) is 5.75 Å². The summed E-state index contributed by atoms with van der Waals surface area (Å²) in [5.74, 6) is 2.52. The van der Waals surface area contributed by atoms with E-state index < -0.39 is 0 Å². The molecule has 2 atom stereocenters. The Labute approximate surface area is 120 Å². The van der Waals surface area contributed by atoms with Gasteiger partial charge in [0.1, 0.15) is 11.5 Å². The second-order valence-corrected chi connectivity index (χ2v) is 5.57. The molecule has 20 heavy (non-hydrogen) atoms. The molecule has 2 aromatic rings. The lowest BCUT2D eigenvalue weighted by atomic mass is 9.93. The van der Waals surface area contributed by atoms with Crippen LogP contribution >= 0.6 is 0 Å². The molecule has 0 aromatic heterocycles. The second kappa shape index (κ2) is 5.58. The molecule has 2 nitrogen and oxygen atoms in total. The van der Waals surface area contributed by atoms with Crippen molar-refractivity contribution in [1.29, 1.82) is 0 Å². The number of ether oxygens (including phenoxy) is 1. The van der Waals surface area contributed by atoms with Gasteiger partial charge in [0.25, 0.3) is 0 Å². The van der Waals surface area contributed by atoms with Crippen LogP contribution in [0.15, 0.2) is 48.5 Å². The normalized spacial score (nSPS) is 21.9. The van der Waals surface area contributed by atoms with Crippen LogP contribution in [0.4, 0.5) is 0 Å². The third kappa shape index (κ3) is 2.64. The zero-order valence-electron chi connectivity index (χ0n) is 11.8. The Morgan fingerprint density at radius 2 is 1.35 bits per heavy atom. The number of phenols is 1. The van der Waals surface area contributed by atoms with Crippen molar-refractivity contribution in [1.82, 2.24) is 0 Å². The Morgan fingerprint density at radius 1 is 0.850 bits per heavy atom. The largest absolute Gasteiger partial charge is 0.508 e. The molecule has 1 saturated carbocycles. The van der Waals surface area contributed by atoms with Crippen LogP contribution < -0.4 is 4.74 Å². The van der Waals surface area contributed by atoms with Crippen LogP contribution in [0.3, 0.4) is 0 Å². The van der Waals surface area contributed by atoms with Crippen LogP contribution in [-0.2, 0) is 0 Å². The summed E-state index contributed by atoms with van der Waals surface area (Å²) in [5, 5.41) is 9.37. The van der Waals surface area contributed by atoms with Gasteiger partial charge in [0.2, 0.25) is 0 Å². The average molecular weight is 268 g/mol. The number of phenolic OH excluding ortho intramolecular Hbond substituents is 1. The molecule has 0 bridgehead atoms. The van der Waals surface area contributed by atoms with Crippen molar-refractivity contribution in [2.75, 3.05) is 7.11 Å². The molecule has 3 rings (SSSR count). The molecule has 1 N–H and O–H groups in total. The van der Waals surface area contributed by atoms with Crippen molar-refractivity contribution >= 4 is 0 Å². The van der Waals surface area contributed by atoms with Crippen LogP contribution in [0.25, 0.3) is 0 Å². The van der Waals surface area contributed by atoms with Crippen molar-refractivity contribution < 1.29 is 9.84 Å². The molecule has 2 aromatic carbocycles. The van der Waals surface area contributed by atoms with Gasteiger partial charge in [-0.25, -0.2) is 0 Å². The fraction of sp³-hybridized carbons (Fsp3) is 0.333. The Kier molecular flexibility index (Phi) is 3.64. The quantitative estimate of drug-likeness (QED) is 0.891. The molecule has 0 radical (unpaired) electrons. The highest BCUT2D eigenvalue weighted by Crippen LogP contribution is 2.43. The van der Waals surface area contributed by atoms with Gasteiger partial charge in [0.05, 0.1) is 7.11 Å². The number of hydrogen-bond donors (Lipinski definition) is 1. The molecule has 0 amide bonds. The van der Waals surface area contributed by atoms with Crippen LogP contribution in [0.5, 0.6) is 11.5 Å². The summed E-state index contributed by atoms with van der Waals surface area (Å²) in [6.07, 6.45) is 3.65. The number of hydrogen-bond acceptors (Lipinski definition) is 2. The standard InChI is InChI=1S/C18H20O2/c1-20-18-10-6-14(7-11-18)16-3-2-15(12-16)13-4-8-17(19)9-5-13/h4-11,15-16,19H,2-3,12H2,1H3. The molecule has 0 aliphatic heterocycles. The van der Waals surface area contributed by atoms with Crippen molar-refractivity contribution in [3.63, 3.8) is 0 Å². The fourth-order valence-electron chi connectivity index (χ4n) is 3.21. The van der Waals surface area contributed by atoms with E-state index in [1.807, 2.05) is 12.1 Å². The smallest absolute Gasteiger partial charge is 0.118 e. The molecule has 1 aliphatic carbocycles. The first-order chi connectivity index (χ1) is 9.76. The van der Waals surface area contributed by atoms with E-state index in [-0.39, 0.29) is 0 Å². The van der Waals surface area contributed by atoms with Gasteiger partial charge in [-0.3, -0.25) is 0 Å². The number of rotatable bonds is 3. The minimum absolute atomic E-state index is 0.346. The van der Waals surface area contributed by atoms with Crippen LogP contribution in [0.1, 0.15) is 42.2 Å². The average Bonchev–Trinajstić information content (AvgIpc) is 2.98. The predicted octanol–water partition coefficient (Wildman–Crippen LogP) is 4.45. The van der Waals surface area contributed by atoms with E-state index in [1.165, 1.54) is 30.4 Å². The Hall–Kier alpha value is -1.96. The molecule has 2 unspecified atom stereocenters. The number of benzene rings is 2. The highest BCUT2D eigenvalue weighted by Gasteiger charge is 2.26. The van der Waals surface area contributed by atoms with Gasteiger partial charge in [-0.1, -0.05) is 24.3 Å². The van der Waals surface area contributed by atoms with Gasteiger partial charge in [-0.05, 0) is 66.5 Å². The summed E-state index contributed by atoms with van der Waals surface area (Å²) >= 11 is 0. The summed E-state index contributed by atoms with van der Waals surface area (Å²) in [5.41, 5.74) is 2.76. The molecular weight excluding hydrogens is 248 g/mol. The first-order valence-electron chi connectivity index (χ1n) is 7.19. The van der Waals surface area contributed by atoms with Gasteiger partial charge in [0.15, 0.2) is 0 Å². The molecule has 104 valence electrons. The lowest BCUT2D eigenvalue weighted by molar-refractivity contribution is 0.414. The topological polar surface area (TPSA) is 29.5 Å². The maximum absolute atomic E-state index is 9.37. The predicted molar refractivity (Wildman–Crippen MR) is 80.4 cm³/mol. The zero-order valence-corrected chi connectivity index (χ0v) is 11.8. The van der Waals surface area contributed by atoms with E-state index >= 15 is 0 Å². The lowest BCUT2D eigenvalue weighted by Gasteiger charge is -2.13. The van der Waals surface area contributed by atoms with Crippen LogP contribution in [0.2, 0.25) is 0 Å². The number of methoxy groups -OCH3 is 1. The summed E-state index contributed by atoms with van der Waals surface area (Å²) in [7, 11) is 1.70. The van der Waals surface area contributed by atoms with Crippen LogP contribution in [0, 0.1) is 0 Å². The van der Waals surface area contributed by atoms with Crippen molar-refractivity contribution in [2.24, 2.45) is 0 Å². The highest BCUT2D eigenvalue weighted by atomic mass is 16.5. The Morgan fingerprint density at radius 3 is 1.85 bits per heavy atom. The van der Waals surface area contributed by atoms with Gasteiger partial charge < -0.3 is 9.84 Å². The van der Waals surface area contributed by atoms with Gasteiger partial charge in [-0.2, -0.15) is 0 Å². The minimum Gasteiger partial charge on any atom is -0.508 e. The fourth-order valence-corrected chi connectivity index (χ4v) is 3.21. The third-order valence-electron chi connectivity index (χ3n) is 4.38. The van der Waals surface area contributed by atoms with Crippen molar-refractivity contribution in [2.45, 2.75) is 31.1 Å². The summed E-state index contributed by atoms with van der Waals surface area (Å²) in [6, 6.07) is 16.1. The SMILES string of the molecule is COc1ccc(C2CCC(c3ccc(O)cc3)C2)cc1. The van der Waals surface area contributed by atoms with Gasteiger partial charge >= 0.3 is 0 Å². The third-order valence-corrected chi connectivity index (χ3v) is 4.38.